The van der Waals surface area contributed by atoms with Gasteiger partial charge in [0, 0.05) is 29.4 Å². The predicted octanol–water partition coefficient (Wildman–Crippen LogP) is 3.05. The lowest BCUT2D eigenvalue weighted by Gasteiger charge is -2.15. The van der Waals surface area contributed by atoms with Crippen LogP contribution in [0.2, 0.25) is 0 Å². The number of thiazole rings is 1. The SMILES string of the molecule is Cc1csc(C(NC(=O)CCc2ccccn2)C2CC2)n1. The maximum atomic E-state index is 12.2. The molecule has 3 rings (SSSR count). The van der Waals surface area contributed by atoms with Gasteiger partial charge in [-0.3, -0.25) is 9.78 Å². The molecule has 110 valence electrons. The normalized spacial score (nSPS) is 15.7. The molecule has 1 amide bonds. The van der Waals surface area contributed by atoms with Gasteiger partial charge in [-0.2, -0.15) is 0 Å². The van der Waals surface area contributed by atoms with Crippen LogP contribution in [0.4, 0.5) is 0 Å². The highest BCUT2D eigenvalue weighted by Crippen LogP contribution is 2.41. The Balaban J connectivity index is 1.57. The molecule has 1 fully saturated rings. The molecule has 1 aliphatic carbocycles. The number of amides is 1. The van der Waals surface area contributed by atoms with E-state index in [4.69, 9.17) is 0 Å². The minimum atomic E-state index is 0.0883. The summed E-state index contributed by atoms with van der Waals surface area (Å²) in [6.07, 6.45) is 5.29. The van der Waals surface area contributed by atoms with Crippen LogP contribution in [0.15, 0.2) is 29.8 Å². The predicted molar refractivity (Wildman–Crippen MR) is 83.0 cm³/mol. The zero-order valence-electron chi connectivity index (χ0n) is 12.1. The zero-order chi connectivity index (χ0) is 14.7. The lowest BCUT2D eigenvalue weighted by Crippen LogP contribution is -2.30. The first kappa shape index (κ1) is 14.2. The number of hydrogen-bond donors (Lipinski definition) is 1. The van der Waals surface area contributed by atoms with Crippen LogP contribution >= 0.6 is 11.3 Å². The lowest BCUT2D eigenvalue weighted by molar-refractivity contribution is -0.122. The summed E-state index contributed by atoms with van der Waals surface area (Å²) in [7, 11) is 0. The Morgan fingerprint density at radius 3 is 2.95 bits per heavy atom. The quantitative estimate of drug-likeness (QED) is 0.892. The Bertz CT molecular complexity index is 607. The van der Waals surface area contributed by atoms with Crippen molar-refractivity contribution in [2.24, 2.45) is 5.92 Å². The highest BCUT2D eigenvalue weighted by atomic mass is 32.1. The second kappa shape index (κ2) is 6.35. The minimum absolute atomic E-state index is 0.0883. The molecule has 21 heavy (non-hydrogen) atoms. The Morgan fingerprint density at radius 2 is 2.33 bits per heavy atom. The Kier molecular flexibility index (Phi) is 4.29. The van der Waals surface area contributed by atoms with Crippen LogP contribution in [0.1, 0.15) is 41.7 Å². The van der Waals surface area contributed by atoms with E-state index in [0.29, 0.717) is 18.8 Å². The summed E-state index contributed by atoms with van der Waals surface area (Å²) in [6.45, 7) is 1.99. The summed E-state index contributed by atoms with van der Waals surface area (Å²) in [5.41, 5.74) is 1.99. The average molecular weight is 301 g/mol. The fourth-order valence-electron chi connectivity index (χ4n) is 2.36. The van der Waals surface area contributed by atoms with E-state index < -0.39 is 0 Å². The van der Waals surface area contributed by atoms with Crippen LogP contribution in [-0.2, 0) is 11.2 Å². The van der Waals surface area contributed by atoms with Crippen molar-refractivity contribution in [3.8, 4) is 0 Å². The molecule has 2 heterocycles. The van der Waals surface area contributed by atoms with E-state index in [1.807, 2.05) is 30.5 Å². The summed E-state index contributed by atoms with van der Waals surface area (Å²) in [5.74, 6) is 0.653. The van der Waals surface area contributed by atoms with E-state index >= 15 is 0 Å². The van der Waals surface area contributed by atoms with Crippen molar-refractivity contribution in [3.05, 3.63) is 46.2 Å². The molecule has 1 unspecified atom stereocenters. The summed E-state index contributed by atoms with van der Waals surface area (Å²) >= 11 is 1.64. The Hall–Kier alpha value is -1.75. The van der Waals surface area contributed by atoms with Crippen molar-refractivity contribution < 1.29 is 4.79 Å². The highest BCUT2D eigenvalue weighted by molar-refractivity contribution is 7.09. The molecular weight excluding hydrogens is 282 g/mol. The Morgan fingerprint density at radius 1 is 1.48 bits per heavy atom. The first-order valence-corrected chi connectivity index (χ1v) is 8.21. The molecule has 4 nitrogen and oxygen atoms in total. The van der Waals surface area contributed by atoms with Crippen LogP contribution in [0, 0.1) is 12.8 Å². The van der Waals surface area contributed by atoms with Gasteiger partial charge in [-0.25, -0.2) is 4.98 Å². The number of carbonyl (C=O) groups is 1. The van der Waals surface area contributed by atoms with Gasteiger partial charge in [0.05, 0.1) is 6.04 Å². The molecule has 0 radical (unpaired) electrons. The fraction of sp³-hybridized carbons (Fsp3) is 0.438. The van der Waals surface area contributed by atoms with Gasteiger partial charge in [-0.15, -0.1) is 11.3 Å². The number of carbonyl (C=O) groups excluding carboxylic acids is 1. The van der Waals surface area contributed by atoms with Crippen LogP contribution in [0.3, 0.4) is 0 Å². The monoisotopic (exact) mass is 301 g/mol. The van der Waals surface area contributed by atoms with E-state index in [-0.39, 0.29) is 11.9 Å². The van der Waals surface area contributed by atoms with E-state index in [9.17, 15) is 4.79 Å². The van der Waals surface area contributed by atoms with Crippen molar-refractivity contribution in [1.82, 2.24) is 15.3 Å². The molecule has 1 aliphatic rings. The van der Waals surface area contributed by atoms with Crippen molar-refractivity contribution in [3.63, 3.8) is 0 Å². The minimum Gasteiger partial charge on any atom is -0.347 e. The summed E-state index contributed by atoms with van der Waals surface area (Å²) in [4.78, 5) is 21.0. The summed E-state index contributed by atoms with van der Waals surface area (Å²) in [5, 5.41) is 6.25. The number of nitrogens with one attached hydrogen (secondary N) is 1. The summed E-state index contributed by atoms with van der Waals surface area (Å²) in [6, 6.07) is 5.89. The lowest BCUT2D eigenvalue weighted by atomic mass is 10.1. The molecule has 0 saturated heterocycles. The van der Waals surface area contributed by atoms with Crippen molar-refractivity contribution in [2.45, 2.75) is 38.6 Å². The number of nitrogens with zero attached hydrogens (tertiary/aromatic N) is 2. The second-order valence-electron chi connectivity index (χ2n) is 5.53. The van der Waals surface area contributed by atoms with Gasteiger partial charge in [0.1, 0.15) is 5.01 Å². The first-order valence-electron chi connectivity index (χ1n) is 7.33. The van der Waals surface area contributed by atoms with E-state index in [1.165, 1.54) is 12.8 Å². The van der Waals surface area contributed by atoms with Crippen molar-refractivity contribution in [1.29, 1.82) is 0 Å². The van der Waals surface area contributed by atoms with Crippen LogP contribution in [0.5, 0.6) is 0 Å². The molecule has 1 atom stereocenters. The topological polar surface area (TPSA) is 54.9 Å². The molecule has 1 saturated carbocycles. The van der Waals surface area contributed by atoms with Gasteiger partial charge in [-0.05, 0) is 44.2 Å². The van der Waals surface area contributed by atoms with E-state index in [2.05, 4.69) is 15.3 Å². The average Bonchev–Trinajstić information content (AvgIpc) is 3.25. The molecule has 2 aromatic rings. The van der Waals surface area contributed by atoms with Crippen LogP contribution in [-0.4, -0.2) is 15.9 Å². The maximum absolute atomic E-state index is 12.2. The van der Waals surface area contributed by atoms with Crippen molar-refractivity contribution >= 4 is 17.2 Å². The first-order chi connectivity index (χ1) is 10.2. The van der Waals surface area contributed by atoms with Gasteiger partial charge < -0.3 is 5.32 Å². The smallest absolute Gasteiger partial charge is 0.220 e. The van der Waals surface area contributed by atoms with Crippen molar-refractivity contribution in [2.75, 3.05) is 0 Å². The molecule has 5 heteroatoms. The third kappa shape index (κ3) is 3.88. The van der Waals surface area contributed by atoms with Gasteiger partial charge in [0.15, 0.2) is 0 Å². The highest BCUT2D eigenvalue weighted by Gasteiger charge is 2.35. The largest absolute Gasteiger partial charge is 0.347 e. The molecule has 0 aliphatic heterocycles. The van der Waals surface area contributed by atoms with E-state index in [0.717, 1.165) is 16.4 Å². The summed E-state index contributed by atoms with van der Waals surface area (Å²) < 4.78 is 0. The molecular formula is C16H19N3OS. The molecule has 0 bridgehead atoms. The zero-order valence-corrected chi connectivity index (χ0v) is 12.9. The standard InChI is InChI=1S/C16H19N3OS/c1-11-10-21-16(18-11)15(12-5-6-12)19-14(20)8-7-13-4-2-3-9-17-13/h2-4,9-10,12,15H,5-8H2,1H3,(H,19,20). The molecule has 2 aromatic heterocycles. The number of hydrogen-bond acceptors (Lipinski definition) is 4. The number of pyridine rings is 1. The molecule has 1 N–H and O–H groups in total. The van der Waals surface area contributed by atoms with Gasteiger partial charge in [0.25, 0.3) is 0 Å². The number of rotatable bonds is 6. The van der Waals surface area contributed by atoms with E-state index in [1.54, 1.807) is 17.5 Å². The van der Waals surface area contributed by atoms with Crippen LogP contribution < -0.4 is 5.32 Å². The maximum Gasteiger partial charge on any atom is 0.220 e. The number of aryl methyl sites for hydroxylation is 2. The second-order valence-corrected chi connectivity index (χ2v) is 6.42. The third-order valence-corrected chi connectivity index (χ3v) is 4.69. The van der Waals surface area contributed by atoms with Gasteiger partial charge in [0.2, 0.25) is 5.91 Å². The Labute approximate surface area is 128 Å². The van der Waals surface area contributed by atoms with Gasteiger partial charge in [-0.1, -0.05) is 6.07 Å². The fourth-order valence-corrected chi connectivity index (χ4v) is 3.30. The van der Waals surface area contributed by atoms with Crippen LogP contribution in [0.25, 0.3) is 0 Å². The molecule has 0 spiro atoms. The van der Waals surface area contributed by atoms with Gasteiger partial charge >= 0.3 is 0 Å². The number of aromatic nitrogens is 2. The molecule has 0 aromatic carbocycles. The third-order valence-electron chi connectivity index (χ3n) is 3.65.